The molecule has 0 saturated heterocycles. The van der Waals surface area contributed by atoms with E-state index in [0.29, 0.717) is 28.0 Å². The molecule has 0 spiro atoms. The summed E-state index contributed by atoms with van der Waals surface area (Å²) in [4.78, 5) is 39.8. The predicted octanol–water partition coefficient (Wildman–Crippen LogP) is 1.72. The summed E-state index contributed by atoms with van der Waals surface area (Å²) in [5, 5.41) is 1.06. The minimum Gasteiger partial charge on any atom is -0.308 e. The summed E-state index contributed by atoms with van der Waals surface area (Å²) in [7, 11) is 1.58. The second kappa shape index (κ2) is 6.84. The molecular weight excluding hydrogens is 364 g/mol. The Morgan fingerprint density at radius 2 is 1.93 bits per heavy atom. The normalized spacial score (nSPS) is 11.2. The molecule has 136 valence electrons. The number of nitrogens with one attached hydrogen (secondary N) is 1. The number of hydrogen-bond donors (Lipinski definition) is 1. The van der Waals surface area contributed by atoms with Crippen molar-refractivity contribution in [3.05, 3.63) is 74.7 Å². The third-order valence-corrected chi connectivity index (χ3v) is 5.01. The maximum absolute atomic E-state index is 12.5. The lowest BCUT2D eigenvalue weighted by atomic mass is 10.1. The maximum atomic E-state index is 12.5. The summed E-state index contributed by atoms with van der Waals surface area (Å²) in [6, 6.07) is 9.75. The molecule has 4 rings (SSSR count). The molecule has 8 nitrogen and oxygen atoms in total. The monoisotopic (exact) mass is 380 g/mol. The molecule has 4 aromatic rings. The van der Waals surface area contributed by atoms with Gasteiger partial charge < -0.3 is 4.57 Å². The van der Waals surface area contributed by atoms with Crippen LogP contribution in [0.3, 0.4) is 0 Å². The van der Waals surface area contributed by atoms with E-state index in [1.165, 1.54) is 16.3 Å². The number of imidazole rings is 1. The zero-order chi connectivity index (χ0) is 19.0. The first-order valence-electron chi connectivity index (χ1n) is 8.23. The topological polar surface area (TPSA) is 98.5 Å². The van der Waals surface area contributed by atoms with E-state index in [0.717, 1.165) is 11.1 Å². The van der Waals surface area contributed by atoms with Crippen LogP contribution in [-0.4, -0.2) is 29.1 Å². The zero-order valence-corrected chi connectivity index (χ0v) is 15.5. The highest BCUT2D eigenvalue weighted by Gasteiger charge is 2.19. The third kappa shape index (κ3) is 3.28. The predicted molar refractivity (Wildman–Crippen MR) is 102 cm³/mol. The fourth-order valence-electron chi connectivity index (χ4n) is 2.85. The van der Waals surface area contributed by atoms with Crippen molar-refractivity contribution >= 4 is 22.9 Å². The summed E-state index contributed by atoms with van der Waals surface area (Å²) in [5.74, 6) is 0. The minimum atomic E-state index is -0.500. The van der Waals surface area contributed by atoms with Gasteiger partial charge in [-0.15, -0.1) is 0 Å². The highest BCUT2D eigenvalue weighted by Crippen LogP contribution is 2.27. The van der Waals surface area contributed by atoms with Crippen molar-refractivity contribution < 1.29 is 0 Å². The Bertz CT molecular complexity index is 1240. The van der Waals surface area contributed by atoms with Crippen molar-refractivity contribution in [3.63, 3.8) is 0 Å². The lowest BCUT2D eigenvalue weighted by molar-refractivity contribution is 0.725. The summed E-state index contributed by atoms with van der Waals surface area (Å²) in [5.41, 5.74) is 1.86. The van der Waals surface area contributed by atoms with Gasteiger partial charge in [-0.05, 0) is 30.3 Å². The Morgan fingerprint density at radius 3 is 2.67 bits per heavy atom. The molecule has 0 aliphatic heterocycles. The van der Waals surface area contributed by atoms with Crippen molar-refractivity contribution in [2.24, 2.45) is 7.05 Å². The van der Waals surface area contributed by atoms with Crippen LogP contribution >= 0.6 is 11.8 Å². The number of benzene rings is 1. The molecule has 0 unspecified atom stereocenters. The van der Waals surface area contributed by atoms with Crippen LogP contribution in [0, 0.1) is 6.92 Å². The molecule has 0 atom stereocenters. The lowest BCUT2D eigenvalue weighted by Gasteiger charge is -2.09. The van der Waals surface area contributed by atoms with Crippen LogP contribution in [0.4, 0.5) is 0 Å². The Balaban J connectivity index is 1.92. The van der Waals surface area contributed by atoms with Gasteiger partial charge in [0.05, 0.1) is 6.54 Å². The highest BCUT2D eigenvalue weighted by molar-refractivity contribution is 7.99. The molecule has 27 heavy (non-hydrogen) atoms. The molecule has 0 bridgehead atoms. The van der Waals surface area contributed by atoms with E-state index in [-0.39, 0.29) is 0 Å². The lowest BCUT2D eigenvalue weighted by Crippen LogP contribution is -2.29. The smallest absolute Gasteiger partial charge is 0.308 e. The van der Waals surface area contributed by atoms with Gasteiger partial charge in [0.2, 0.25) is 0 Å². The molecule has 3 aromatic heterocycles. The first-order valence-corrected chi connectivity index (χ1v) is 9.04. The van der Waals surface area contributed by atoms with Crippen molar-refractivity contribution in [3.8, 4) is 0 Å². The Hall–Kier alpha value is -3.20. The van der Waals surface area contributed by atoms with Gasteiger partial charge in [-0.2, -0.15) is 0 Å². The van der Waals surface area contributed by atoms with Crippen LogP contribution in [0.5, 0.6) is 0 Å². The molecule has 0 aliphatic carbocycles. The van der Waals surface area contributed by atoms with Gasteiger partial charge in [0.1, 0.15) is 0 Å². The van der Waals surface area contributed by atoms with Gasteiger partial charge in [0.15, 0.2) is 21.5 Å². The van der Waals surface area contributed by atoms with Gasteiger partial charge in [0, 0.05) is 19.4 Å². The third-order valence-electron chi connectivity index (χ3n) is 4.12. The highest BCUT2D eigenvalue weighted by atomic mass is 32.2. The zero-order valence-electron chi connectivity index (χ0n) is 14.7. The van der Waals surface area contributed by atoms with E-state index in [1.54, 1.807) is 30.1 Å². The molecule has 0 fully saturated rings. The van der Waals surface area contributed by atoms with Crippen LogP contribution in [0.15, 0.2) is 62.6 Å². The molecule has 0 radical (unpaired) electrons. The van der Waals surface area contributed by atoms with Crippen LogP contribution in [0.25, 0.3) is 11.2 Å². The van der Waals surface area contributed by atoms with Crippen LogP contribution < -0.4 is 11.2 Å². The van der Waals surface area contributed by atoms with Crippen molar-refractivity contribution in [2.75, 3.05) is 0 Å². The summed E-state index contributed by atoms with van der Waals surface area (Å²) >= 11 is 1.25. The second-order valence-electron chi connectivity index (χ2n) is 6.09. The number of nitrogens with zero attached hydrogens (tertiary/aromatic N) is 5. The fraction of sp³-hybridized carbons (Fsp3) is 0.167. The molecule has 0 amide bonds. The van der Waals surface area contributed by atoms with E-state index in [2.05, 4.69) is 26.0 Å². The van der Waals surface area contributed by atoms with Gasteiger partial charge in [-0.3, -0.25) is 14.3 Å². The first-order chi connectivity index (χ1) is 13.0. The Morgan fingerprint density at radius 1 is 1.15 bits per heavy atom. The van der Waals surface area contributed by atoms with Crippen molar-refractivity contribution in [1.82, 2.24) is 29.1 Å². The molecule has 0 aliphatic rings. The van der Waals surface area contributed by atoms with Crippen LogP contribution in [0.1, 0.15) is 11.1 Å². The van der Waals surface area contributed by atoms with Crippen molar-refractivity contribution in [1.29, 1.82) is 0 Å². The average Bonchev–Trinajstić information content (AvgIpc) is 2.99. The Kier molecular flexibility index (Phi) is 4.36. The number of rotatable bonds is 4. The molecular formula is C18H16N6O2S. The second-order valence-corrected chi connectivity index (χ2v) is 7.03. The van der Waals surface area contributed by atoms with E-state index in [1.807, 2.05) is 25.1 Å². The van der Waals surface area contributed by atoms with Gasteiger partial charge in [-0.1, -0.05) is 29.8 Å². The molecule has 1 aromatic carbocycles. The first kappa shape index (κ1) is 17.2. The van der Waals surface area contributed by atoms with Crippen LogP contribution in [0.2, 0.25) is 0 Å². The SMILES string of the molecule is Cc1cccc(Cn2c(Sc3ncccn3)nc3c2c(=O)[nH]c(=O)n3C)c1. The van der Waals surface area contributed by atoms with Crippen LogP contribution in [-0.2, 0) is 13.6 Å². The molecule has 1 N–H and O–H groups in total. The average molecular weight is 380 g/mol. The van der Waals surface area contributed by atoms with Gasteiger partial charge in [0.25, 0.3) is 5.56 Å². The fourth-order valence-corrected chi connectivity index (χ4v) is 3.64. The Labute approximate surface area is 157 Å². The van der Waals surface area contributed by atoms with E-state index >= 15 is 0 Å². The summed E-state index contributed by atoms with van der Waals surface area (Å²) in [6.45, 7) is 2.45. The maximum Gasteiger partial charge on any atom is 0.329 e. The van der Waals surface area contributed by atoms with Crippen molar-refractivity contribution in [2.45, 2.75) is 23.8 Å². The minimum absolute atomic E-state index is 0.329. The van der Waals surface area contributed by atoms with E-state index in [9.17, 15) is 9.59 Å². The number of fused-ring (bicyclic) bond motifs is 1. The number of aryl methyl sites for hydroxylation is 2. The summed E-state index contributed by atoms with van der Waals surface area (Å²) in [6.07, 6.45) is 3.29. The number of aromatic amines is 1. The molecule has 0 saturated carbocycles. The standard InChI is InChI=1S/C18H16N6O2S/c1-11-5-3-6-12(9-11)10-24-13-14(23(2)17(26)22-15(13)25)21-18(24)27-16-19-7-4-8-20-16/h3-9H,10H2,1-2H3,(H,22,25,26). The van der Waals surface area contributed by atoms with Gasteiger partial charge in [-0.25, -0.2) is 19.7 Å². The largest absolute Gasteiger partial charge is 0.329 e. The molecule has 9 heteroatoms. The quantitative estimate of drug-likeness (QED) is 0.541. The van der Waals surface area contributed by atoms with E-state index < -0.39 is 11.2 Å². The van der Waals surface area contributed by atoms with Gasteiger partial charge >= 0.3 is 5.69 Å². The number of H-pyrrole nitrogens is 1. The number of hydrogen-bond acceptors (Lipinski definition) is 6. The summed E-state index contributed by atoms with van der Waals surface area (Å²) < 4.78 is 3.13. The van der Waals surface area contributed by atoms with E-state index in [4.69, 9.17) is 0 Å². The number of aromatic nitrogens is 6. The molecule has 3 heterocycles.